The first-order valence-electron chi connectivity index (χ1n) is 18.1. The molecule has 0 aromatic heterocycles. The summed E-state index contributed by atoms with van der Waals surface area (Å²) in [6, 6.07) is 60.8. The molecule has 51 heavy (non-hydrogen) atoms. The number of benzene rings is 8. The van der Waals surface area contributed by atoms with Gasteiger partial charge in [0.2, 0.25) is 0 Å². The number of anilines is 3. The molecule has 0 saturated carbocycles. The monoisotopic (exact) mass is 653 g/mol. The second kappa shape index (κ2) is 10.8. The molecule has 2 aliphatic rings. The fourth-order valence-corrected chi connectivity index (χ4v) is 8.97. The van der Waals surface area contributed by atoms with E-state index in [1.807, 2.05) is 0 Å². The van der Waals surface area contributed by atoms with Crippen LogP contribution in [0.5, 0.6) is 0 Å². The number of hydrogen-bond acceptors (Lipinski definition) is 1. The average molecular weight is 654 g/mol. The van der Waals surface area contributed by atoms with E-state index in [-0.39, 0.29) is 10.8 Å². The van der Waals surface area contributed by atoms with Crippen molar-refractivity contribution in [1.29, 1.82) is 0 Å². The Morgan fingerprint density at radius 2 is 0.725 bits per heavy atom. The summed E-state index contributed by atoms with van der Waals surface area (Å²) in [5.41, 5.74) is 16.9. The molecule has 0 fully saturated rings. The number of rotatable bonds is 4. The van der Waals surface area contributed by atoms with Crippen LogP contribution in [0.4, 0.5) is 17.1 Å². The minimum atomic E-state index is -0.125. The largest absolute Gasteiger partial charge is 0.310 e. The summed E-state index contributed by atoms with van der Waals surface area (Å²) >= 11 is 0. The van der Waals surface area contributed by atoms with E-state index in [0.717, 1.165) is 17.1 Å². The third-order valence-electron chi connectivity index (χ3n) is 11.8. The van der Waals surface area contributed by atoms with Crippen LogP contribution in [0, 0.1) is 0 Å². The third kappa shape index (κ3) is 4.47. The minimum absolute atomic E-state index is 0.0669. The lowest BCUT2D eigenvalue weighted by Crippen LogP contribution is -2.17. The molecule has 8 aromatic carbocycles. The van der Waals surface area contributed by atoms with E-state index < -0.39 is 0 Å². The van der Waals surface area contributed by atoms with Crippen LogP contribution in [0.1, 0.15) is 49.9 Å². The predicted molar refractivity (Wildman–Crippen MR) is 217 cm³/mol. The van der Waals surface area contributed by atoms with Gasteiger partial charge in [-0.25, -0.2) is 0 Å². The number of fused-ring (bicyclic) bond motifs is 8. The standard InChI is InChI=1S/C50H39N/c1-49(2)45-28-35-16-12-11-15-34(35)26-41(45)43-30-48-44(31-47(43)49)42-27-36-21-24-40(25-37(36)29-46(42)50(48,3)4)51(38-17-9-6-10-18-38)39-22-19-33(20-23-39)32-13-7-5-8-14-32/h5-31H,1-4H3. The fourth-order valence-electron chi connectivity index (χ4n) is 8.97. The Hall–Kier alpha value is -5.92. The van der Waals surface area contributed by atoms with Crippen LogP contribution in [-0.4, -0.2) is 0 Å². The Kier molecular flexibility index (Phi) is 6.34. The molecule has 2 aliphatic carbocycles. The highest BCUT2D eigenvalue weighted by atomic mass is 15.1. The number of nitrogens with zero attached hydrogens (tertiary/aromatic N) is 1. The smallest absolute Gasteiger partial charge is 0.0468 e. The number of hydrogen-bond donors (Lipinski definition) is 0. The highest BCUT2D eigenvalue weighted by molar-refractivity contribution is 5.99. The van der Waals surface area contributed by atoms with Crippen molar-refractivity contribution in [2.75, 3.05) is 4.90 Å². The summed E-state index contributed by atoms with van der Waals surface area (Å²) in [5, 5.41) is 5.15. The molecule has 8 aromatic rings. The van der Waals surface area contributed by atoms with Gasteiger partial charge in [0.05, 0.1) is 0 Å². The molecule has 244 valence electrons. The van der Waals surface area contributed by atoms with Crippen LogP contribution in [-0.2, 0) is 10.8 Å². The van der Waals surface area contributed by atoms with Gasteiger partial charge in [0, 0.05) is 27.9 Å². The lowest BCUT2D eigenvalue weighted by molar-refractivity contribution is 0.653. The molecule has 0 radical (unpaired) electrons. The third-order valence-corrected chi connectivity index (χ3v) is 11.8. The van der Waals surface area contributed by atoms with Crippen LogP contribution in [0.3, 0.4) is 0 Å². The molecule has 0 saturated heterocycles. The van der Waals surface area contributed by atoms with E-state index in [1.54, 1.807) is 0 Å². The zero-order valence-electron chi connectivity index (χ0n) is 29.5. The first-order valence-corrected chi connectivity index (χ1v) is 18.1. The number of para-hydroxylation sites is 1. The summed E-state index contributed by atoms with van der Waals surface area (Å²) < 4.78 is 0. The molecule has 1 nitrogen and oxygen atoms in total. The molecule has 0 N–H and O–H groups in total. The van der Waals surface area contributed by atoms with Crippen molar-refractivity contribution in [2.24, 2.45) is 0 Å². The Bertz CT molecular complexity index is 2660. The zero-order valence-corrected chi connectivity index (χ0v) is 29.5. The summed E-state index contributed by atoms with van der Waals surface area (Å²) in [6.07, 6.45) is 0. The van der Waals surface area contributed by atoms with E-state index >= 15 is 0 Å². The highest BCUT2D eigenvalue weighted by Crippen LogP contribution is 2.57. The molecular weight excluding hydrogens is 615 g/mol. The molecule has 0 atom stereocenters. The summed E-state index contributed by atoms with van der Waals surface area (Å²) in [7, 11) is 0. The van der Waals surface area contributed by atoms with Crippen LogP contribution in [0.15, 0.2) is 164 Å². The van der Waals surface area contributed by atoms with Crippen molar-refractivity contribution in [1.82, 2.24) is 0 Å². The van der Waals surface area contributed by atoms with Gasteiger partial charge >= 0.3 is 0 Å². The van der Waals surface area contributed by atoms with Gasteiger partial charge in [-0.15, -0.1) is 0 Å². The van der Waals surface area contributed by atoms with E-state index in [9.17, 15) is 0 Å². The highest BCUT2D eigenvalue weighted by Gasteiger charge is 2.42. The maximum atomic E-state index is 2.53. The second-order valence-corrected chi connectivity index (χ2v) is 15.5. The molecule has 0 unspecified atom stereocenters. The molecule has 0 heterocycles. The molecule has 0 aliphatic heterocycles. The van der Waals surface area contributed by atoms with Crippen LogP contribution >= 0.6 is 0 Å². The SMILES string of the molecule is CC1(C)c2cc3c(cc2-c2cc4ccccc4cc21)C(C)(C)c1cc2cc(N(c4ccccc4)c4ccc(-c5ccccc5)cc4)ccc2cc1-3. The minimum Gasteiger partial charge on any atom is -0.310 e. The van der Waals surface area contributed by atoms with Gasteiger partial charge in [-0.3, -0.25) is 0 Å². The van der Waals surface area contributed by atoms with Crippen molar-refractivity contribution < 1.29 is 0 Å². The van der Waals surface area contributed by atoms with Gasteiger partial charge in [0.1, 0.15) is 0 Å². The van der Waals surface area contributed by atoms with Gasteiger partial charge in [-0.1, -0.05) is 119 Å². The molecule has 0 spiro atoms. The topological polar surface area (TPSA) is 3.24 Å². The average Bonchev–Trinajstić information content (AvgIpc) is 3.51. The Morgan fingerprint density at radius 3 is 1.33 bits per heavy atom. The summed E-state index contributed by atoms with van der Waals surface area (Å²) in [6.45, 7) is 9.61. The van der Waals surface area contributed by atoms with Crippen molar-refractivity contribution >= 4 is 38.6 Å². The molecule has 10 rings (SSSR count). The second-order valence-electron chi connectivity index (χ2n) is 15.5. The van der Waals surface area contributed by atoms with Gasteiger partial charge in [-0.05, 0) is 150 Å². The first kappa shape index (κ1) is 29.9. The van der Waals surface area contributed by atoms with E-state index in [4.69, 9.17) is 0 Å². The Labute approximate surface area is 300 Å². The predicted octanol–water partition coefficient (Wildman–Crippen LogP) is 13.7. The van der Waals surface area contributed by atoms with Gasteiger partial charge in [0.25, 0.3) is 0 Å². The van der Waals surface area contributed by atoms with E-state index in [0.29, 0.717) is 0 Å². The fraction of sp³-hybridized carbons (Fsp3) is 0.120. The van der Waals surface area contributed by atoms with Crippen molar-refractivity contribution in [3.05, 3.63) is 186 Å². The molecule has 1 heteroatoms. The van der Waals surface area contributed by atoms with Crippen LogP contribution in [0.2, 0.25) is 0 Å². The summed E-state index contributed by atoms with van der Waals surface area (Å²) in [4.78, 5) is 2.37. The van der Waals surface area contributed by atoms with Crippen LogP contribution < -0.4 is 4.90 Å². The Morgan fingerprint density at radius 1 is 0.314 bits per heavy atom. The Balaban J connectivity index is 1.09. The van der Waals surface area contributed by atoms with Gasteiger partial charge in [0.15, 0.2) is 0 Å². The first-order chi connectivity index (χ1) is 24.8. The quantitative estimate of drug-likeness (QED) is 0.183. The lowest BCUT2D eigenvalue weighted by Gasteiger charge is -2.26. The van der Waals surface area contributed by atoms with Crippen molar-refractivity contribution in [3.63, 3.8) is 0 Å². The summed E-state index contributed by atoms with van der Waals surface area (Å²) in [5.74, 6) is 0. The normalized spacial score (nSPS) is 14.6. The van der Waals surface area contributed by atoms with Gasteiger partial charge < -0.3 is 4.90 Å². The van der Waals surface area contributed by atoms with E-state index in [1.165, 1.54) is 77.2 Å². The molecule has 0 amide bonds. The van der Waals surface area contributed by atoms with Crippen LogP contribution in [0.25, 0.3) is 54.9 Å². The van der Waals surface area contributed by atoms with Gasteiger partial charge in [-0.2, -0.15) is 0 Å². The van der Waals surface area contributed by atoms with E-state index in [2.05, 4.69) is 196 Å². The lowest BCUT2D eigenvalue weighted by atomic mass is 9.79. The maximum Gasteiger partial charge on any atom is 0.0468 e. The molecular formula is C50H39N. The van der Waals surface area contributed by atoms with Crippen molar-refractivity contribution in [2.45, 2.75) is 38.5 Å². The maximum absolute atomic E-state index is 2.53. The van der Waals surface area contributed by atoms with Crippen molar-refractivity contribution in [3.8, 4) is 33.4 Å². The molecule has 0 bridgehead atoms. The zero-order chi connectivity index (χ0) is 34.5.